The molecule has 0 saturated heterocycles. The van der Waals surface area contributed by atoms with Gasteiger partial charge in [0.25, 0.3) is 0 Å². The van der Waals surface area contributed by atoms with Crippen LogP contribution in [0.4, 0.5) is 0 Å². The van der Waals surface area contributed by atoms with Crippen molar-refractivity contribution in [3.63, 3.8) is 0 Å². The van der Waals surface area contributed by atoms with Crippen LogP contribution in [0, 0.1) is 0 Å². The molecule has 0 aliphatic rings. The molecule has 0 spiro atoms. The van der Waals surface area contributed by atoms with Gasteiger partial charge in [-0.05, 0) is 37.4 Å². The van der Waals surface area contributed by atoms with Crippen LogP contribution in [-0.4, -0.2) is 5.24 Å². The maximum Gasteiger partial charge on any atom is 0.244 e. The third kappa shape index (κ3) is 9.18. The van der Waals surface area contributed by atoms with Gasteiger partial charge in [0.1, 0.15) is 0 Å². The van der Waals surface area contributed by atoms with Crippen LogP contribution in [0.5, 0.6) is 0 Å². The van der Waals surface area contributed by atoms with E-state index in [1.807, 2.05) is 31.2 Å². The van der Waals surface area contributed by atoms with Crippen LogP contribution in [0.3, 0.4) is 0 Å². The molecule has 0 aliphatic carbocycles. The summed E-state index contributed by atoms with van der Waals surface area (Å²) in [5.41, 5.74) is 0. The molecule has 66 valence electrons. The molecule has 0 aromatic heterocycles. The quantitative estimate of drug-likeness (QED) is 0.278. The molecule has 0 rings (SSSR count). The Morgan fingerprint density at radius 3 is 2.50 bits per heavy atom. The number of halogens is 1. The van der Waals surface area contributed by atoms with E-state index in [1.165, 1.54) is 6.08 Å². The number of carbonyl (C=O) groups excluding carboxylic acids is 1. The lowest BCUT2D eigenvalue weighted by Gasteiger charge is -1.83. The van der Waals surface area contributed by atoms with Gasteiger partial charge in [0, 0.05) is 0 Å². The molecule has 0 unspecified atom stereocenters. The fourth-order valence-electron chi connectivity index (χ4n) is 0.654. The molecule has 1 nitrogen and oxygen atoms in total. The van der Waals surface area contributed by atoms with Crippen molar-refractivity contribution < 1.29 is 4.79 Å². The Bertz CT molecular complexity index is 202. The van der Waals surface area contributed by atoms with Crippen molar-refractivity contribution in [2.45, 2.75) is 19.8 Å². The molecular formula is C10H13ClO. The summed E-state index contributed by atoms with van der Waals surface area (Å²) in [7, 11) is 0. The van der Waals surface area contributed by atoms with Gasteiger partial charge in [0.15, 0.2) is 0 Å². The third-order valence-corrected chi connectivity index (χ3v) is 1.31. The number of carbonyl (C=O) groups is 1. The number of hydrogen-bond donors (Lipinski definition) is 0. The van der Waals surface area contributed by atoms with E-state index in [1.54, 1.807) is 6.08 Å². The molecule has 0 bridgehead atoms. The monoisotopic (exact) mass is 184 g/mol. The second-order valence-corrected chi connectivity index (χ2v) is 2.61. The largest absolute Gasteiger partial charge is 0.276 e. The summed E-state index contributed by atoms with van der Waals surface area (Å²) in [6.45, 7) is 1.97. The van der Waals surface area contributed by atoms with Crippen LogP contribution in [0.2, 0.25) is 0 Å². The zero-order valence-electron chi connectivity index (χ0n) is 7.16. The number of rotatable bonds is 5. The van der Waals surface area contributed by atoms with Gasteiger partial charge in [-0.3, -0.25) is 4.79 Å². The maximum absolute atomic E-state index is 10.2. The Morgan fingerprint density at radius 2 is 1.92 bits per heavy atom. The van der Waals surface area contributed by atoms with Crippen molar-refractivity contribution in [2.75, 3.05) is 0 Å². The molecule has 12 heavy (non-hydrogen) atoms. The van der Waals surface area contributed by atoms with E-state index in [-0.39, 0.29) is 0 Å². The van der Waals surface area contributed by atoms with Gasteiger partial charge in [-0.15, -0.1) is 0 Å². The van der Waals surface area contributed by atoms with E-state index in [0.29, 0.717) is 0 Å². The molecule has 0 radical (unpaired) electrons. The lowest BCUT2D eigenvalue weighted by Crippen LogP contribution is -1.74. The van der Waals surface area contributed by atoms with E-state index in [9.17, 15) is 4.79 Å². The lowest BCUT2D eigenvalue weighted by atomic mass is 10.2. The average Bonchev–Trinajstić information content (AvgIpc) is 2.02. The van der Waals surface area contributed by atoms with Crippen molar-refractivity contribution in [1.82, 2.24) is 0 Å². The fraction of sp³-hybridized carbons (Fsp3) is 0.300. The third-order valence-electron chi connectivity index (χ3n) is 1.19. The van der Waals surface area contributed by atoms with Gasteiger partial charge < -0.3 is 0 Å². The first-order valence-electron chi connectivity index (χ1n) is 3.91. The zero-order valence-corrected chi connectivity index (χ0v) is 7.92. The Balaban J connectivity index is 3.38. The summed E-state index contributed by atoms with van der Waals surface area (Å²) in [5, 5.41) is -0.410. The van der Waals surface area contributed by atoms with Gasteiger partial charge in [-0.1, -0.05) is 30.4 Å². The predicted molar refractivity (Wildman–Crippen MR) is 53.2 cm³/mol. The van der Waals surface area contributed by atoms with Crippen molar-refractivity contribution in [1.29, 1.82) is 0 Å². The van der Waals surface area contributed by atoms with Crippen LogP contribution in [0.15, 0.2) is 36.5 Å². The van der Waals surface area contributed by atoms with E-state index in [2.05, 4.69) is 0 Å². The Hall–Kier alpha value is -0.820. The number of allylic oxidation sites excluding steroid dienone is 6. The van der Waals surface area contributed by atoms with Gasteiger partial charge in [-0.2, -0.15) is 0 Å². The molecule has 0 heterocycles. The molecule has 0 saturated carbocycles. The highest BCUT2D eigenvalue weighted by atomic mass is 35.5. The second kappa shape index (κ2) is 8.28. The predicted octanol–water partition coefficient (Wildman–Crippen LogP) is 3.22. The topological polar surface area (TPSA) is 17.1 Å². The Morgan fingerprint density at radius 1 is 1.25 bits per heavy atom. The number of unbranched alkanes of at least 4 members (excludes halogenated alkanes) is 1. The molecule has 0 aromatic rings. The molecule has 0 amide bonds. The minimum atomic E-state index is -0.410. The van der Waals surface area contributed by atoms with Crippen LogP contribution < -0.4 is 0 Å². The Kier molecular flexibility index (Phi) is 7.71. The zero-order chi connectivity index (χ0) is 9.23. The van der Waals surface area contributed by atoms with Gasteiger partial charge >= 0.3 is 0 Å². The van der Waals surface area contributed by atoms with Crippen molar-refractivity contribution in [2.24, 2.45) is 0 Å². The number of hydrogen-bond acceptors (Lipinski definition) is 1. The van der Waals surface area contributed by atoms with Crippen LogP contribution in [-0.2, 0) is 4.79 Å². The standard InChI is InChI=1S/C10H13ClO/c1-2-3-4-5-6-7-8-9-10(11)12/h2-5,8-9H,6-7H2,1H3/b3-2+,5-4+,9-8+. The Labute approximate surface area is 78.4 Å². The van der Waals surface area contributed by atoms with Crippen LogP contribution in [0.1, 0.15) is 19.8 Å². The summed E-state index contributed by atoms with van der Waals surface area (Å²) in [6.07, 6.45) is 12.9. The normalized spacial score (nSPS) is 12.2. The molecule has 0 atom stereocenters. The molecule has 0 fully saturated rings. The maximum atomic E-state index is 10.2. The first-order valence-corrected chi connectivity index (χ1v) is 4.29. The van der Waals surface area contributed by atoms with Crippen molar-refractivity contribution >= 4 is 16.8 Å². The van der Waals surface area contributed by atoms with E-state index < -0.39 is 5.24 Å². The van der Waals surface area contributed by atoms with Gasteiger partial charge in [0.2, 0.25) is 5.24 Å². The first kappa shape index (κ1) is 11.2. The molecule has 0 aliphatic heterocycles. The summed E-state index contributed by atoms with van der Waals surface area (Å²) < 4.78 is 0. The molecule has 0 aromatic carbocycles. The lowest BCUT2D eigenvalue weighted by molar-refractivity contribution is -0.107. The van der Waals surface area contributed by atoms with Gasteiger partial charge in [-0.25, -0.2) is 0 Å². The minimum absolute atomic E-state index is 0.410. The fourth-order valence-corrected chi connectivity index (χ4v) is 0.743. The highest BCUT2D eigenvalue weighted by Crippen LogP contribution is 1.94. The van der Waals surface area contributed by atoms with E-state index >= 15 is 0 Å². The second-order valence-electron chi connectivity index (χ2n) is 2.24. The summed E-state index contributed by atoms with van der Waals surface area (Å²) in [6, 6.07) is 0. The molecular weight excluding hydrogens is 172 g/mol. The first-order chi connectivity index (χ1) is 5.77. The van der Waals surface area contributed by atoms with E-state index in [4.69, 9.17) is 11.6 Å². The summed E-state index contributed by atoms with van der Waals surface area (Å²) >= 11 is 5.09. The smallest absolute Gasteiger partial charge is 0.244 e. The average molecular weight is 185 g/mol. The van der Waals surface area contributed by atoms with Crippen LogP contribution in [0.25, 0.3) is 0 Å². The highest BCUT2D eigenvalue weighted by Gasteiger charge is 1.82. The highest BCUT2D eigenvalue weighted by molar-refractivity contribution is 6.66. The minimum Gasteiger partial charge on any atom is -0.276 e. The van der Waals surface area contributed by atoms with Crippen molar-refractivity contribution in [3.05, 3.63) is 36.5 Å². The SMILES string of the molecule is C/C=C/C=C/CC/C=C/C(=O)Cl. The molecule has 0 N–H and O–H groups in total. The van der Waals surface area contributed by atoms with Gasteiger partial charge in [0.05, 0.1) is 0 Å². The van der Waals surface area contributed by atoms with E-state index in [0.717, 1.165) is 12.8 Å². The molecule has 2 heteroatoms. The summed E-state index contributed by atoms with van der Waals surface area (Å²) in [5.74, 6) is 0. The van der Waals surface area contributed by atoms with Crippen LogP contribution >= 0.6 is 11.6 Å². The summed E-state index contributed by atoms with van der Waals surface area (Å²) in [4.78, 5) is 10.2. The van der Waals surface area contributed by atoms with Crippen molar-refractivity contribution in [3.8, 4) is 0 Å².